The minimum Gasteiger partial charge on any atom is -0.350 e. The summed E-state index contributed by atoms with van der Waals surface area (Å²) in [6.45, 7) is 9.48. The summed E-state index contributed by atoms with van der Waals surface area (Å²) >= 11 is 7.13. The Labute approximate surface area is 151 Å². The highest BCUT2D eigenvalue weighted by Crippen LogP contribution is 2.25. The standard InChI is InChI=1S/C16H22ClN5OS/c1-4-22(5-2)9-8-18-15(23)14-11(3)20-16(24-14)21-13-7-6-12(17)10-19-13/h6-7,10H,4-5,8-9H2,1-3H3,(H,18,23)(H,19,20,21). The molecule has 0 spiro atoms. The summed E-state index contributed by atoms with van der Waals surface area (Å²) in [4.78, 5) is 23.7. The van der Waals surface area contributed by atoms with Gasteiger partial charge in [0.15, 0.2) is 5.13 Å². The van der Waals surface area contributed by atoms with E-state index in [1.165, 1.54) is 11.3 Å². The van der Waals surface area contributed by atoms with Crippen molar-refractivity contribution in [2.75, 3.05) is 31.5 Å². The van der Waals surface area contributed by atoms with Gasteiger partial charge in [0.2, 0.25) is 0 Å². The van der Waals surface area contributed by atoms with Crippen molar-refractivity contribution in [2.24, 2.45) is 0 Å². The molecule has 0 aliphatic heterocycles. The van der Waals surface area contributed by atoms with E-state index >= 15 is 0 Å². The molecule has 1 amide bonds. The van der Waals surface area contributed by atoms with Gasteiger partial charge < -0.3 is 15.5 Å². The molecule has 0 saturated heterocycles. The molecule has 2 heterocycles. The fourth-order valence-electron chi connectivity index (χ4n) is 2.17. The Balaban J connectivity index is 1.95. The molecular formula is C16H22ClN5OS. The SMILES string of the molecule is CCN(CC)CCNC(=O)c1sc(Nc2ccc(Cl)cn2)nc1C. The van der Waals surface area contributed by atoms with Gasteiger partial charge in [-0.15, -0.1) is 0 Å². The zero-order valence-corrected chi connectivity index (χ0v) is 15.7. The lowest BCUT2D eigenvalue weighted by Gasteiger charge is -2.17. The van der Waals surface area contributed by atoms with E-state index in [0.29, 0.717) is 33.1 Å². The molecule has 8 heteroatoms. The van der Waals surface area contributed by atoms with Crippen molar-refractivity contribution in [1.29, 1.82) is 0 Å². The summed E-state index contributed by atoms with van der Waals surface area (Å²) < 4.78 is 0. The van der Waals surface area contributed by atoms with Crippen molar-refractivity contribution in [3.05, 3.63) is 33.9 Å². The average Bonchev–Trinajstić information content (AvgIpc) is 2.94. The van der Waals surface area contributed by atoms with Crippen molar-refractivity contribution in [2.45, 2.75) is 20.8 Å². The quantitative estimate of drug-likeness (QED) is 0.749. The first kappa shape index (κ1) is 18.6. The van der Waals surface area contributed by atoms with Crippen LogP contribution in [-0.4, -0.2) is 47.0 Å². The van der Waals surface area contributed by atoms with E-state index in [1.54, 1.807) is 18.3 Å². The van der Waals surface area contributed by atoms with Gasteiger partial charge in [-0.3, -0.25) is 4.79 Å². The first-order chi connectivity index (χ1) is 11.5. The predicted molar refractivity (Wildman–Crippen MR) is 99.5 cm³/mol. The average molecular weight is 368 g/mol. The molecule has 0 atom stereocenters. The van der Waals surface area contributed by atoms with Gasteiger partial charge in [-0.2, -0.15) is 0 Å². The van der Waals surface area contributed by atoms with Gasteiger partial charge in [-0.05, 0) is 32.1 Å². The van der Waals surface area contributed by atoms with Gasteiger partial charge in [-0.1, -0.05) is 36.8 Å². The van der Waals surface area contributed by atoms with Gasteiger partial charge in [0.25, 0.3) is 5.91 Å². The molecule has 0 unspecified atom stereocenters. The number of carbonyl (C=O) groups is 1. The molecule has 2 aromatic heterocycles. The van der Waals surface area contributed by atoms with Gasteiger partial charge in [0.1, 0.15) is 10.7 Å². The molecule has 6 nitrogen and oxygen atoms in total. The molecular weight excluding hydrogens is 346 g/mol. The Bertz CT molecular complexity index is 670. The third-order valence-electron chi connectivity index (χ3n) is 3.57. The van der Waals surface area contributed by atoms with E-state index in [0.717, 1.165) is 19.6 Å². The van der Waals surface area contributed by atoms with Crippen LogP contribution in [0.3, 0.4) is 0 Å². The number of amides is 1. The van der Waals surface area contributed by atoms with Crippen LogP contribution in [0.5, 0.6) is 0 Å². The smallest absolute Gasteiger partial charge is 0.263 e. The number of hydrogen-bond acceptors (Lipinski definition) is 6. The molecule has 0 fully saturated rings. The number of nitrogens with one attached hydrogen (secondary N) is 2. The highest BCUT2D eigenvalue weighted by molar-refractivity contribution is 7.17. The lowest BCUT2D eigenvalue weighted by atomic mass is 10.3. The Morgan fingerprint density at radius 2 is 2.08 bits per heavy atom. The number of aromatic nitrogens is 2. The molecule has 2 N–H and O–H groups in total. The van der Waals surface area contributed by atoms with E-state index in [1.807, 2.05) is 6.92 Å². The lowest BCUT2D eigenvalue weighted by molar-refractivity contribution is 0.0952. The fourth-order valence-corrected chi connectivity index (χ4v) is 3.17. The van der Waals surface area contributed by atoms with Crippen LogP contribution in [0.25, 0.3) is 0 Å². The Morgan fingerprint density at radius 3 is 2.71 bits per heavy atom. The van der Waals surface area contributed by atoms with Crippen molar-refractivity contribution >= 4 is 39.8 Å². The van der Waals surface area contributed by atoms with E-state index < -0.39 is 0 Å². The zero-order valence-electron chi connectivity index (χ0n) is 14.1. The summed E-state index contributed by atoms with van der Waals surface area (Å²) in [6, 6.07) is 3.51. The first-order valence-electron chi connectivity index (χ1n) is 7.90. The Kier molecular flexibility index (Phi) is 6.96. The number of carbonyl (C=O) groups excluding carboxylic acids is 1. The van der Waals surface area contributed by atoms with E-state index in [-0.39, 0.29) is 5.91 Å². The third-order valence-corrected chi connectivity index (χ3v) is 4.87. The number of likely N-dealkylation sites (N-methyl/N-ethyl adjacent to an activating group) is 1. The molecule has 2 rings (SSSR count). The lowest BCUT2D eigenvalue weighted by Crippen LogP contribution is -2.34. The van der Waals surface area contributed by atoms with Crippen LogP contribution in [0, 0.1) is 6.92 Å². The minimum absolute atomic E-state index is 0.0886. The van der Waals surface area contributed by atoms with Crippen molar-refractivity contribution in [1.82, 2.24) is 20.2 Å². The van der Waals surface area contributed by atoms with Crippen molar-refractivity contribution < 1.29 is 4.79 Å². The van der Waals surface area contributed by atoms with Gasteiger partial charge in [0.05, 0.1) is 10.7 Å². The highest BCUT2D eigenvalue weighted by Gasteiger charge is 2.15. The topological polar surface area (TPSA) is 70.2 Å². The second-order valence-electron chi connectivity index (χ2n) is 5.20. The maximum absolute atomic E-state index is 12.3. The maximum Gasteiger partial charge on any atom is 0.263 e. The van der Waals surface area contributed by atoms with Crippen LogP contribution in [0.1, 0.15) is 29.2 Å². The van der Waals surface area contributed by atoms with E-state index in [2.05, 4.69) is 39.3 Å². The zero-order chi connectivity index (χ0) is 17.5. The highest BCUT2D eigenvalue weighted by atomic mass is 35.5. The van der Waals surface area contributed by atoms with Crippen LogP contribution >= 0.6 is 22.9 Å². The summed E-state index contributed by atoms with van der Waals surface area (Å²) in [6.07, 6.45) is 1.56. The molecule has 130 valence electrons. The summed E-state index contributed by atoms with van der Waals surface area (Å²) in [5, 5.41) is 7.25. The summed E-state index contributed by atoms with van der Waals surface area (Å²) in [5.41, 5.74) is 0.705. The molecule has 0 bridgehead atoms. The first-order valence-corrected chi connectivity index (χ1v) is 9.09. The van der Waals surface area contributed by atoms with Crippen LogP contribution in [0.4, 0.5) is 10.9 Å². The third kappa shape index (κ3) is 5.15. The van der Waals surface area contributed by atoms with E-state index in [4.69, 9.17) is 11.6 Å². The fraction of sp³-hybridized carbons (Fsp3) is 0.438. The van der Waals surface area contributed by atoms with Crippen LogP contribution in [0.15, 0.2) is 18.3 Å². The number of nitrogens with zero attached hydrogens (tertiary/aromatic N) is 3. The number of anilines is 2. The van der Waals surface area contributed by atoms with Crippen molar-refractivity contribution in [3.8, 4) is 0 Å². The number of pyridine rings is 1. The minimum atomic E-state index is -0.0886. The predicted octanol–water partition coefficient (Wildman–Crippen LogP) is 3.32. The molecule has 0 aliphatic carbocycles. The molecule has 0 aliphatic rings. The Morgan fingerprint density at radius 1 is 1.33 bits per heavy atom. The van der Waals surface area contributed by atoms with Gasteiger partial charge in [-0.25, -0.2) is 9.97 Å². The normalized spacial score (nSPS) is 10.9. The number of aryl methyl sites for hydroxylation is 1. The molecule has 0 aromatic carbocycles. The van der Waals surface area contributed by atoms with E-state index in [9.17, 15) is 4.79 Å². The number of hydrogen-bond donors (Lipinski definition) is 2. The van der Waals surface area contributed by atoms with Crippen molar-refractivity contribution in [3.63, 3.8) is 0 Å². The number of thiazole rings is 1. The second-order valence-corrected chi connectivity index (χ2v) is 6.64. The summed E-state index contributed by atoms with van der Waals surface area (Å²) in [7, 11) is 0. The second kappa shape index (κ2) is 8.96. The van der Waals surface area contributed by atoms with Crippen LogP contribution < -0.4 is 10.6 Å². The van der Waals surface area contributed by atoms with Crippen LogP contribution in [-0.2, 0) is 0 Å². The molecule has 0 radical (unpaired) electrons. The largest absolute Gasteiger partial charge is 0.350 e. The monoisotopic (exact) mass is 367 g/mol. The molecule has 2 aromatic rings. The number of halogens is 1. The number of rotatable bonds is 8. The van der Waals surface area contributed by atoms with Gasteiger partial charge in [0, 0.05) is 19.3 Å². The van der Waals surface area contributed by atoms with Gasteiger partial charge >= 0.3 is 0 Å². The molecule has 24 heavy (non-hydrogen) atoms. The van der Waals surface area contributed by atoms with Crippen LogP contribution in [0.2, 0.25) is 5.02 Å². The maximum atomic E-state index is 12.3. The summed E-state index contributed by atoms with van der Waals surface area (Å²) in [5.74, 6) is 0.552. The Hall–Kier alpha value is -1.70. The molecule has 0 saturated carbocycles.